The third-order valence-corrected chi connectivity index (χ3v) is 8.40. The van der Waals surface area contributed by atoms with Gasteiger partial charge in [0.05, 0.1) is 11.5 Å². The van der Waals surface area contributed by atoms with Gasteiger partial charge in [-0.2, -0.15) is 9.13 Å². The molecule has 2 nitrogen and oxygen atoms in total. The summed E-state index contributed by atoms with van der Waals surface area (Å²) in [4.78, 5) is 0. The maximum atomic E-state index is 15.8. The van der Waals surface area contributed by atoms with Gasteiger partial charge in [0.1, 0.15) is 11.6 Å². The van der Waals surface area contributed by atoms with Gasteiger partial charge in [-0.3, -0.25) is 0 Å². The first kappa shape index (κ1) is 23.7. The van der Waals surface area contributed by atoms with E-state index < -0.39 is 5.82 Å². The highest BCUT2D eigenvalue weighted by molar-refractivity contribution is 5.74. The van der Waals surface area contributed by atoms with Crippen LogP contribution in [0.1, 0.15) is 35.1 Å². The van der Waals surface area contributed by atoms with Crippen molar-refractivity contribution in [2.24, 2.45) is 0 Å². The molecule has 0 amide bonds. The minimum Gasteiger partial charge on any atom is -0.207 e. The fourth-order valence-corrected chi connectivity index (χ4v) is 6.62. The molecule has 0 spiro atoms. The van der Waals surface area contributed by atoms with Crippen LogP contribution in [0.3, 0.4) is 0 Å². The smallest absolute Gasteiger partial charge is 0.207 e. The van der Waals surface area contributed by atoms with E-state index in [0.717, 1.165) is 28.1 Å². The van der Waals surface area contributed by atoms with Crippen molar-refractivity contribution in [2.75, 3.05) is 0 Å². The standard InChI is InChI=1S/C35H28F2N2/c1-22-21-39-23(2)35-27(25-12-6-7-13-26(25)32-14-8-9-19-38(32)35)15-16-28-30(36)17-18-31(37)34(28)33(39)20-29(22)24-10-4-3-5-11-24/h3-14,17-21,27,35H,2,15-16H2,1H3/q+2. The highest BCUT2D eigenvalue weighted by atomic mass is 19.1. The van der Waals surface area contributed by atoms with Crippen molar-refractivity contribution >= 4 is 5.70 Å². The highest BCUT2D eigenvalue weighted by Crippen LogP contribution is 2.45. The maximum absolute atomic E-state index is 15.8. The van der Waals surface area contributed by atoms with Crippen molar-refractivity contribution in [3.63, 3.8) is 0 Å². The van der Waals surface area contributed by atoms with Gasteiger partial charge in [-0.15, -0.1) is 0 Å². The fraction of sp³-hybridized carbons (Fsp3) is 0.143. The van der Waals surface area contributed by atoms with Crippen LogP contribution in [0.25, 0.3) is 39.3 Å². The summed E-state index contributed by atoms with van der Waals surface area (Å²) >= 11 is 0. The van der Waals surface area contributed by atoms with E-state index in [4.69, 9.17) is 0 Å². The van der Waals surface area contributed by atoms with Gasteiger partial charge in [-0.25, -0.2) is 8.78 Å². The van der Waals surface area contributed by atoms with E-state index in [1.54, 1.807) is 0 Å². The predicted molar refractivity (Wildman–Crippen MR) is 150 cm³/mol. The van der Waals surface area contributed by atoms with Crippen molar-refractivity contribution in [3.8, 4) is 33.6 Å². The lowest BCUT2D eigenvalue weighted by Crippen LogP contribution is -2.53. The van der Waals surface area contributed by atoms with E-state index in [0.29, 0.717) is 29.7 Å². The van der Waals surface area contributed by atoms with E-state index in [1.165, 1.54) is 23.3 Å². The lowest BCUT2D eigenvalue weighted by atomic mass is 9.78. The normalized spacial score (nSPS) is 17.5. The molecular weight excluding hydrogens is 486 g/mol. The monoisotopic (exact) mass is 514 g/mol. The van der Waals surface area contributed by atoms with Gasteiger partial charge in [0.15, 0.2) is 12.4 Å². The van der Waals surface area contributed by atoms with Gasteiger partial charge in [0.25, 0.3) is 0 Å². The number of hydrogen-bond donors (Lipinski definition) is 0. The second-order valence-electron chi connectivity index (χ2n) is 10.5. The summed E-state index contributed by atoms with van der Waals surface area (Å²) in [5.41, 5.74) is 8.75. The van der Waals surface area contributed by atoms with Crippen molar-refractivity contribution in [2.45, 2.75) is 31.7 Å². The summed E-state index contributed by atoms with van der Waals surface area (Å²) in [5.74, 6) is -0.758. The molecule has 2 aliphatic heterocycles. The Balaban J connectivity index is 1.55. The largest absolute Gasteiger partial charge is 0.249 e. The minimum absolute atomic E-state index is 0.0386. The Hall–Kier alpha value is -4.44. The molecule has 2 aliphatic rings. The summed E-state index contributed by atoms with van der Waals surface area (Å²) in [6, 6.07) is 29.1. The Labute approximate surface area is 227 Å². The first-order chi connectivity index (χ1) is 19.0. The number of allylic oxidation sites excluding steroid dienone is 1. The molecule has 0 saturated heterocycles. The number of pyridine rings is 2. The molecule has 0 fully saturated rings. The molecule has 3 aromatic carbocycles. The molecule has 2 unspecified atom stereocenters. The molecule has 0 saturated carbocycles. The maximum Gasteiger partial charge on any atom is 0.249 e. The summed E-state index contributed by atoms with van der Waals surface area (Å²) in [6.45, 7) is 6.71. The van der Waals surface area contributed by atoms with Crippen LogP contribution < -0.4 is 9.13 Å². The van der Waals surface area contributed by atoms with Crippen LogP contribution in [-0.2, 0) is 6.42 Å². The average Bonchev–Trinajstić information content (AvgIpc) is 3.02. The molecule has 0 aliphatic carbocycles. The Kier molecular flexibility index (Phi) is 5.52. The van der Waals surface area contributed by atoms with Crippen molar-refractivity contribution in [3.05, 3.63) is 138 Å². The topological polar surface area (TPSA) is 7.76 Å². The van der Waals surface area contributed by atoms with Gasteiger partial charge in [0.2, 0.25) is 23.1 Å². The van der Waals surface area contributed by atoms with Crippen LogP contribution in [0, 0.1) is 18.6 Å². The molecule has 0 N–H and O–H groups in total. The fourth-order valence-electron chi connectivity index (χ4n) is 6.62. The first-order valence-corrected chi connectivity index (χ1v) is 13.4. The van der Waals surface area contributed by atoms with Crippen LogP contribution in [0.2, 0.25) is 0 Å². The molecule has 4 heteroatoms. The van der Waals surface area contributed by atoms with Crippen LogP contribution in [0.5, 0.6) is 0 Å². The zero-order valence-electron chi connectivity index (χ0n) is 21.7. The first-order valence-electron chi connectivity index (χ1n) is 13.4. The number of hydrogen-bond acceptors (Lipinski definition) is 0. The molecular formula is C35H28F2N2+2. The van der Waals surface area contributed by atoms with E-state index in [-0.39, 0.29) is 17.8 Å². The van der Waals surface area contributed by atoms with Gasteiger partial charge >= 0.3 is 0 Å². The Morgan fingerprint density at radius 2 is 1.54 bits per heavy atom. The second kappa shape index (κ2) is 9.09. The number of nitrogens with zero attached hydrogens (tertiary/aromatic N) is 2. The zero-order chi connectivity index (χ0) is 26.7. The summed E-state index contributed by atoms with van der Waals surface area (Å²) in [7, 11) is 0. The molecule has 190 valence electrons. The third-order valence-electron chi connectivity index (χ3n) is 8.40. The average molecular weight is 515 g/mol. The minimum atomic E-state index is -0.422. The number of fused-ring (bicyclic) bond motifs is 9. The van der Waals surface area contributed by atoms with Crippen LogP contribution in [-0.4, -0.2) is 0 Å². The molecule has 4 heterocycles. The summed E-state index contributed by atoms with van der Waals surface area (Å²) in [5, 5.41) is 0. The Morgan fingerprint density at radius 3 is 2.38 bits per heavy atom. The highest BCUT2D eigenvalue weighted by Gasteiger charge is 2.47. The molecule has 2 atom stereocenters. The van der Waals surface area contributed by atoms with E-state index >= 15 is 8.78 Å². The number of halogens is 2. The Morgan fingerprint density at radius 1 is 0.795 bits per heavy atom. The van der Waals surface area contributed by atoms with E-state index in [1.807, 2.05) is 53.2 Å². The number of rotatable bonds is 1. The van der Waals surface area contributed by atoms with Gasteiger partial charge in [0, 0.05) is 34.9 Å². The molecule has 2 aromatic heterocycles. The molecule has 7 rings (SSSR count). The Bertz CT molecular complexity index is 1770. The molecule has 5 aromatic rings. The number of aryl methyl sites for hydroxylation is 1. The quantitative estimate of drug-likeness (QED) is 0.204. The van der Waals surface area contributed by atoms with Gasteiger partial charge < -0.3 is 0 Å². The number of aromatic nitrogens is 2. The molecule has 39 heavy (non-hydrogen) atoms. The van der Waals surface area contributed by atoms with Gasteiger partial charge in [-0.05, 0) is 67.3 Å². The second-order valence-corrected chi connectivity index (χ2v) is 10.5. The van der Waals surface area contributed by atoms with Crippen molar-refractivity contribution < 1.29 is 17.9 Å². The van der Waals surface area contributed by atoms with E-state index in [2.05, 4.69) is 60.7 Å². The molecule has 0 bridgehead atoms. The van der Waals surface area contributed by atoms with Crippen LogP contribution >= 0.6 is 0 Å². The van der Waals surface area contributed by atoms with Crippen molar-refractivity contribution in [1.29, 1.82) is 0 Å². The lowest BCUT2D eigenvalue weighted by molar-refractivity contribution is -0.727. The lowest BCUT2D eigenvalue weighted by Gasteiger charge is -2.29. The SMILES string of the molecule is C=C1C2C(CCc3c(F)ccc(F)c3-c3cc(-c4ccccc4)c(C)c[n+]31)c1ccccc1-c1cccc[n+]12. The summed E-state index contributed by atoms with van der Waals surface area (Å²) in [6.07, 6.45) is 5.22. The van der Waals surface area contributed by atoms with Crippen LogP contribution in [0.4, 0.5) is 8.78 Å². The third kappa shape index (κ3) is 3.66. The molecule has 0 radical (unpaired) electrons. The van der Waals surface area contributed by atoms with Crippen molar-refractivity contribution in [1.82, 2.24) is 0 Å². The predicted octanol–water partition coefficient (Wildman–Crippen LogP) is 7.60. The number of benzene rings is 3. The zero-order valence-corrected chi connectivity index (χ0v) is 21.7. The van der Waals surface area contributed by atoms with E-state index in [9.17, 15) is 0 Å². The van der Waals surface area contributed by atoms with Gasteiger partial charge in [-0.1, -0.05) is 48.5 Å². The van der Waals surface area contributed by atoms with Crippen LogP contribution in [0.15, 0.2) is 110 Å². The summed E-state index contributed by atoms with van der Waals surface area (Å²) < 4.78 is 35.6.